The first-order chi connectivity index (χ1) is 12.2. The van der Waals surface area contributed by atoms with Gasteiger partial charge in [-0.1, -0.05) is 12.1 Å². The Morgan fingerprint density at radius 1 is 1.28 bits per heavy atom. The summed E-state index contributed by atoms with van der Waals surface area (Å²) in [5.41, 5.74) is 1.25. The second-order valence-corrected chi connectivity index (χ2v) is 7.68. The van der Waals surface area contributed by atoms with Crippen LogP contribution in [0.2, 0.25) is 0 Å². The Balaban J connectivity index is 1.37. The zero-order valence-electron chi connectivity index (χ0n) is 15.1. The fourth-order valence-electron chi connectivity index (χ4n) is 4.66. The molecule has 0 aromatic heterocycles. The molecule has 3 saturated heterocycles. The predicted molar refractivity (Wildman–Crippen MR) is 95.5 cm³/mol. The summed E-state index contributed by atoms with van der Waals surface area (Å²) in [5, 5.41) is 0. The van der Waals surface area contributed by atoms with Crippen molar-refractivity contribution in [2.24, 2.45) is 0 Å². The second kappa shape index (κ2) is 6.96. The molecule has 2 atom stereocenters. The van der Waals surface area contributed by atoms with Gasteiger partial charge in [-0.15, -0.1) is 0 Å². The summed E-state index contributed by atoms with van der Waals surface area (Å²) in [7, 11) is 1.70. The Kier molecular flexibility index (Phi) is 4.69. The molecule has 136 valence electrons. The van der Waals surface area contributed by atoms with Gasteiger partial charge in [-0.25, -0.2) is 0 Å². The maximum Gasteiger partial charge on any atom is 0.222 e. The highest BCUT2D eigenvalue weighted by Gasteiger charge is 2.45. The van der Waals surface area contributed by atoms with Crippen LogP contribution in [-0.4, -0.2) is 60.7 Å². The predicted octanol–water partition coefficient (Wildman–Crippen LogP) is 2.44. The van der Waals surface area contributed by atoms with Crippen LogP contribution >= 0.6 is 0 Å². The van der Waals surface area contributed by atoms with Gasteiger partial charge in [0.2, 0.25) is 5.91 Å². The number of amides is 1. The largest absolute Gasteiger partial charge is 0.497 e. The van der Waals surface area contributed by atoms with Gasteiger partial charge >= 0.3 is 0 Å². The van der Waals surface area contributed by atoms with Crippen LogP contribution in [0.3, 0.4) is 0 Å². The van der Waals surface area contributed by atoms with Crippen molar-refractivity contribution < 1.29 is 14.3 Å². The van der Waals surface area contributed by atoms with Crippen LogP contribution in [0.15, 0.2) is 24.3 Å². The summed E-state index contributed by atoms with van der Waals surface area (Å²) in [4.78, 5) is 16.7. The molecule has 3 aliphatic rings. The smallest absolute Gasteiger partial charge is 0.222 e. The summed E-state index contributed by atoms with van der Waals surface area (Å²) in [5.74, 6) is 1.24. The highest BCUT2D eigenvalue weighted by molar-refractivity contribution is 5.78. The third-order valence-electron chi connectivity index (χ3n) is 5.98. The third-order valence-corrected chi connectivity index (χ3v) is 5.98. The van der Waals surface area contributed by atoms with Crippen LogP contribution in [-0.2, 0) is 16.1 Å². The van der Waals surface area contributed by atoms with E-state index in [1.165, 1.54) is 5.56 Å². The van der Waals surface area contributed by atoms with E-state index in [1.807, 2.05) is 12.1 Å². The van der Waals surface area contributed by atoms with E-state index >= 15 is 0 Å². The van der Waals surface area contributed by atoms with Crippen LogP contribution in [0.25, 0.3) is 0 Å². The molecule has 4 rings (SSSR count). The number of carbonyl (C=O) groups is 1. The lowest BCUT2D eigenvalue weighted by Gasteiger charge is -2.41. The number of rotatable bonds is 4. The maximum absolute atomic E-state index is 12.1. The molecule has 0 saturated carbocycles. The van der Waals surface area contributed by atoms with Crippen molar-refractivity contribution in [3.05, 3.63) is 29.8 Å². The van der Waals surface area contributed by atoms with Crippen molar-refractivity contribution in [3.8, 4) is 5.75 Å². The van der Waals surface area contributed by atoms with Gasteiger partial charge in [0.1, 0.15) is 5.75 Å². The van der Waals surface area contributed by atoms with Gasteiger partial charge in [-0.2, -0.15) is 0 Å². The van der Waals surface area contributed by atoms with Gasteiger partial charge in [-0.3, -0.25) is 9.69 Å². The van der Waals surface area contributed by atoms with Crippen LogP contribution in [0, 0.1) is 0 Å². The summed E-state index contributed by atoms with van der Waals surface area (Å²) in [6.07, 6.45) is 4.81. The van der Waals surface area contributed by atoms with Crippen LogP contribution in [0.1, 0.15) is 37.7 Å². The van der Waals surface area contributed by atoms with E-state index < -0.39 is 0 Å². The van der Waals surface area contributed by atoms with Crippen LogP contribution < -0.4 is 4.74 Å². The molecule has 1 amide bonds. The minimum absolute atomic E-state index is 0.0573. The number of benzene rings is 1. The number of hydrogen-bond donors (Lipinski definition) is 0. The van der Waals surface area contributed by atoms with E-state index in [9.17, 15) is 4.79 Å². The van der Waals surface area contributed by atoms with Crippen molar-refractivity contribution in [2.75, 3.05) is 33.4 Å². The van der Waals surface area contributed by atoms with Gasteiger partial charge in [0.25, 0.3) is 0 Å². The van der Waals surface area contributed by atoms with Crippen molar-refractivity contribution in [3.63, 3.8) is 0 Å². The lowest BCUT2D eigenvalue weighted by Crippen LogP contribution is -2.50. The Labute approximate surface area is 149 Å². The first kappa shape index (κ1) is 16.9. The lowest BCUT2D eigenvalue weighted by atomic mass is 9.89. The second-order valence-electron chi connectivity index (χ2n) is 7.68. The standard InChI is InChI=1S/C20H28N2O3/c1-24-18-6-4-16(5-7-18)14-21-11-9-20(15-21)13-17(8-12-25-20)22-10-2-3-19(22)23/h4-7,17H,2-3,8-15H2,1H3/t17-,20-/m0/s1. The SMILES string of the molecule is COc1ccc(CN2CC[C@]3(C[C@@H](N4CCCC4=O)CCO3)C2)cc1. The van der Waals surface area contributed by atoms with E-state index in [0.29, 0.717) is 11.9 Å². The maximum atomic E-state index is 12.1. The molecule has 1 aromatic carbocycles. The minimum Gasteiger partial charge on any atom is -0.497 e. The van der Waals surface area contributed by atoms with Gasteiger partial charge in [0.05, 0.1) is 12.7 Å². The van der Waals surface area contributed by atoms with E-state index in [0.717, 1.165) is 70.6 Å². The quantitative estimate of drug-likeness (QED) is 0.841. The molecule has 0 N–H and O–H groups in total. The first-order valence-corrected chi connectivity index (χ1v) is 9.46. The fraction of sp³-hybridized carbons (Fsp3) is 0.650. The van der Waals surface area contributed by atoms with Crippen molar-refractivity contribution in [1.82, 2.24) is 9.80 Å². The summed E-state index contributed by atoms with van der Waals surface area (Å²) >= 11 is 0. The molecule has 3 aliphatic heterocycles. The summed E-state index contributed by atoms with van der Waals surface area (Å²) in [6, 6.07) is 8.69. The fourth-order valence-corrected chi connectivity index (χ4v) is 4.66. The van der Waals surface area contributed by atoms with Crippen molar-refractivity contribution in [2.45, 2.75) is 50.3 Å². The number of ether oxygens (including phenoxy) is 2. The monoisotopic (exact) mass is 344 g/mol. The Hall–Kier alpha value is -1.59. The zero-order chi connectivity index (χ0) is 17.3. The van der Waals surface area contributed by atoms with E-state index in [-0.39, 0.29) is 5.60 Å². The Morgan fingerprint density at radius 2 is 2.12 bits per heavy atom. The number of carbonyl (C=O) groups excluding carboxylic acids is 1. The third kappa shape index (κ3) is 3.53. The number of likely N-dealkylation sites (tertiary alicyclic amines) is 2. The highest BCUT2D eigenvalue weighted by atomic mass is 16.5. The van der Waals surface area contributed by atoms with Gasteiger partial charge in [-0.05, 0) is 43.4 Å². The molecule has 5 heteroatoms. The molecule has 25 heavy (non-hydrogen) atoms. The van der Waals surface area contributed by atoms with Crippen LogP contribution in [0.5, 0.6) is 5.75 Å². The summed E-state index contributed by atoms with van der Waals surface area (Å²) in [6.45, 7) is 4.70. The van der Waals surface area contributed by atoms with Gasteiger partial charge in [0.15, 0.2) is 0 Å². The number of methoxy groups -OCH3 is 1. The van der Waals surface area contributed by atoms with Gasteiger partial charge in [0, 0.05) is 45.2 Å². The minimum atomic E-state index is -0.0573. The Morgan fingerprint density at radius 3 is 2.84 bits per heavy atom. The summed E-state index contributed by atoms with van der Waals surface area (Å²) < 4.78 is 11.5. The topological polar surface area (TPSA) is 42.0 Å². The number of nitrogens with zero attached hydrogens (tertiary/aromatic N) is 2. The average Bonchev–Trinajstić information content (AvgIpc) is 3.22. The van der Waals surface area contributed by atoms with Gasteiger partial charge < -0.3 is 14.4 Å². The van der Waals surface area contributed by atoms with E-state index in [1.54, 1.807) is 7.11 Å². The van der Waals surface area contributed by atoms with Crippen molar-refractivity contribution in [1.29, 1.82) is 0 Å². The van der Waals surface area contributed by atoms with E-state index in [4.69, 9.17) is 9.47 Å². The molecule has 0 bridgehead atoms. The molecule has 5 nitrogen and oxygen atoms in total. The lowest BCUT2D eigenvalue weighted by molar-refractivity contribution is -0.137. The molecule has 0 aliphatic carbocycles. The average molecular weight is 344 g/mol. The molecule has 1 aromatic rings. The van der Waals surface area contributed by atoms with Crippen molar-refractivity contribution >= 4 is 5.91 Å². The highest BCUT2D eigenvalue weighted by Crippen LogP contribution is 2.37. The number of hydrogen-bond acceptors (Lipinski definition) is 4. The molecule has 0 unspecified atom stereocenters. The molecular formula is C20H28N2O3. The molecular weight excluding hydrogens is 316 g/mol. The van der Waals surface area contributed by atoms with E-state index in [2.05, 4.69) is 21.9 Å². The molecule has 3 heterocycles. The molecule has 3 fully saturated rings. The van der Waals surface area contributed by atoms with Crippen LogP contribution in [0.4, 0.5) is 0 Å². The first-order valence-electron chi connectivity index (χ1n) is 9.46. The normalized spacial score (nSPS) is 30.4. The Bertz CT molecular complexity index is 618. The zero-order valence-corrected chi connectivity index (χ0v) is 15.1. The molecule has 0 radical (unpaired) electrons. The molecule has 1 spiro atoms.